The van der Waals surface area contributed by atoms with E-state index in [1.807, 2.05) is 60.7 Å². The predicted octanol–water partition coefficient (Wildman–Crippen LogP) is 6.22. The molecule has 0 aromatic heterocycles. The molecular weight excluding hydrogens is 458 g/mol. The Balaban J connectivity index is 1.47. The molecule has 4 aromatic rings. The van der Waals surface area contributed by atoms with Gasteiger partial charge in [0, 0.05) is 39.0 Å². The maximum absolute atomic E-state index is 13.1. The number of rotatable bonds is 8. The summed E-state index contributed by atoms with van der Waals surface area (Å²) in [6, 6.07) is 32.6. The minimum absolute atomic E-state index is 0.0188. The Hall–Kier alpha value is -4.29. The summed E-state index contributed by atoms with van der Waals surface area (Å²) in [4.78, 5) is 43.6. The van der Waals surface area contributed by atoms with Crippen molar-refractivity contribution >= 4 is 35.0 Å². The van der Waals surface area contributed by atoms with E-state index in [-0.39, 0.29) is 17.3 Å². The van der Waals surface area contributed by atoms with Crippen molar-refractivity contribution in [2.24, 2.45) is 5.16 Å². The molecule has 0 atom stereocenters. The van der Waals surface area contributed by atoms with E-state index in [9.17, 15) is 14.4 Å². The van der Waals surface area contributed by atoms with Gasteiger partial charge >= 0.3 is 5.97 Å². The Kier molecular flexibility index (Phi) is 7.65. The highest BCUT2D eigenvalue weighted by Gasteiger charge is 2.18. The van der Waals surface area contributed by atoms with Crippen LogP contribution in [0.1, 0.15) is 38.8 Å². The lowest BCUT2D eigenvalue weighted by Gasteiger charge is -2.07. The van der Waals surface area contributed by atoms with Gasteiger partial charge < -0.3 is 4.84 Å². The number of ketones is 2. The Labute approximate surface area is 207 Å². The normalized spacial score (nSPS) is 11.1. The number of hydrogen-bond donors (Lipinski definition) is 0. The Morgan fingerprint density at radius 2 is 1.06 bits per heavy atom. The second kappa shape index (κ2) is 11.2. The van der Waals surface area contributed by atoms with Crippen LogP contribution in [0, 0.1) is 0 Å². The quantitative estimate of drug-likeness (QED) is 0.130. The molecule has 0 saturated carbocycles. The van der Waals surface area contributed by atoms with Crippen LogP contribution in [0.3, 0.4) is 0 Å². The molecule has 0 spiro atoms. The molecule has 0 aliphatic rings. The van der Waals surface area contributed by atoms with Gasteiger partial charge in [0.2, 0.25) is 5.78 Å². The average Bonchev–Trinajstić information content (AvgIpc) is 2.90. The first-order valence-corrected chi connectivity index (χ1v) is 11.7. The maximum atomic E-state index is 13.1. The van der Waals surface area contributed by atoms with E-state index in [1.165, 1.54) is 18.7 Å². The van der Waals surface area contributed by atoms with Gasteiger partial charge in [0.1, 0.15) is 0 Å². The minimum atomic E-state index is -0.602. The zero-order valence-electron chi connectivity index (χ0n) is 18.9. The van der Waals surface area contributed by atoms with Gasteiger partial charge in [-0.2, -0.15) is 0 Å². The fourth-order valence-electron chi connectivity index (χ4n) is 3.31. The molecule has 0 N–H and O–H groups in total. The third kappa shape index (κ3) is 6.19. The van der Waals surface area contributed by atoms with Crippen molar-refractivity contribution in [1.29, 1.82) is 0 Å². The van der Waals surface area contributed by atoms with E-state index in [0.29, 0.717) is 22.3 Å². The summed E-state index contributed by atoms with van der Waals surface area (Å²) in [6.45, 7) is 1.23. The molecule has 0 heterocycles. The Morgan fingerprint density at radius 1 is 0.600 bits per heavy atom. The number of Topliss-reactive ketones (excluding diaryl/α,β-unsaturated/α-hetero) is 1. The topological polar surface area (TPSA) is 72.8 Å². The van der Waals surface area contributed by atoms with E-state index in [2.05, 4.69) is 5.16 Å². The lowest BCUT2D eigenvalue weighted by Crippen LogP contribution is -2.17. The molecule has 0 unspecified atom stereocenters. The standard InChI is InChI=1S/C29H21NO4S/c1-20(31)34-30-27(21-8-4-2-5-9-21)29(33)24-14-18-26(19-15-24)35-25-16-12-23(13-17-25)28(32)22-10-6-3-7-11-22/h2-19H,1H3. The minimum Gasteiger partial charge on any atom is -0.318 e. The highest BCUT2D eigenvalue weighted by molar-refractivity contribution is 7.99. The number of benzene rings is 4. The summed E-state index contributed by atoms with van der Waals surface area (Å²) in [5, 5.41) is 3.79. The Bertz CT molecular complexity index is 1360. The van der Waals surface area contributed by atoms with Crippen LogP contribution in [-0.2, 0) is 9.63 Å². The van der Waals surface area contributed by atoms with Crippen molar-refractivity contribution in [2.45, 2.75) is 16.7 Å². The van der Waals surface area contributed by atoms with Crippen LogP contribution < -0.4 is 0 Å². The predicted molar refractivity (Wildman–Crippen MR) is 136 cm³/mol. The first-order valence-electron chi connectivity index (χ1n) is 10.8. The number of carbonyl (C=O) groups is 3. The third-order valence-electron chi connectivity index (χ3n) is 5.03. The second-order valence-electron chi connectivity index (χ2n) is 7.56. The third-order valence-corrected chi connectivity index (χ3v) is 6.05. The van der Waals surface area contributed by atoms with E-state index < -0.39 is 5.97 Å². The monoisotopic (exact) mass is 479 g/mol. The van der Waals surface area contributed by atoms with Gasteiger partial charge in [0.05, 0.1) is 0 Å². The molecule has 172 valence electrons. The van der Waals surface area contributed by atoms with Gasteiger partial charge in [0.15, 0.2) is 11.5 Å². The van der Waals surface area contributed by atoms with Crippen LogP contribution >= 0.6 is 11.8 Å². The first-order chi connectivity index (χ1) is 17.0. The lowest BCUT2D eigenvalue weighted by atomic mass is 10.0. The summed E-state index contributed by atoms with van der Waals surface area (Å²) in [5.41, 5.74) is 2.32. The maximum Gasteiger partial charge on any atom is 0.332 e. The fourth-order valence-corrected chi connectivity index (χ4v) is 4.13. The molecular formula is C29H21NO4S. The fraction of sp³-hybridized carbons (Fsp3) is 0.0345. The van der Waals surface area contributed by atoms with E-state index in [4.69, 9.17) is 4.84 Å². The molecule has 0 fully saturated rings. The number of nitrogens with zero attached hydrogens (tertiary/aromatic N) is 1. The van der Waals surface area contributed by atoms with Crippen molar-refractivity contribution < 1.29 is 19.2 Å². The molecule has 5 nitrogen and oxygen atoms in total. The van der Waals surface area contributed by atoms with E-state index in [0.717, 1.165) is 9.79 Å². The van der Waals surface area contributed by atoms with Gasteiger partial charge in [-0.1, -0.05) is 77.6 Å². The van der Waals surface area contributed by atoms with Crippen molar-refractivity contribution in [3.63, 3.8) is 0 Å². The van der Waals surface area contributed by atoms with Crippen molar-refractivity contribution in [1.82, 2.24) is 0 Å². The molecule has 4 rings (SSSR count). The van der Waals surface area contributed by atoms with Gasteiger partial charge in [0.25, 0.3) is 0 Å². The molecule has 4 aromatic carbocycles. The van der Waals surface area contributed by atoms with Crippen LogP contribution in [-0.4, -0.2) is 23.2 Å². The van der Waals surface area contributed by atoms with Crippen LogP contribution in [0.15, 0.2) is 124 Å². The van der Waals surface area contributed by atoms with Crippen molar-refractivity contribution in [3.05, 3.63) is 131 Å². The molecule has 0 bridgehead atoms. The highest BCUT2D eigenvalue weighted by atomic mass is 32.2. The van der Waals surface area contributed by atoms with Crippen LogP contribution in [0.5, 0.6) is 0 Å². The molecule has 0 radical (unpaired) electrons. The number of oxime groups is 1. The van der Waals surface area contributed by atoms with E-state index >= 15 is 0 Å². The molecule has 0 aliphatic carbocycles. The average molecular weight is 480 g/mol. The second-order valence-corrected chi connectivity index (χ2v) is 8.71. The Morgan fingerprint density at radius 3 is 1.57 bits per heavy atom. The van der Waals surface area contributed by atoms with E-state index in [1.54, 1.807) is 48.5 Å². The van der Waals surface area contributed by atoms with Gasteiger partial charge in [-0.3, -0.25) is 9.59 Å². The largest absolute Gasteiger partial charge is 0.332 e. The van der Waals surface area contributed by atoms with Crippen molar-refractivity contribution in [3.8, 4) is 0 Å². The molecule has 0 aliphatic heterocycles. The molecule has 6 heteroatoms. The zero-order chi connectivity index (χ0) is 24.6. The molecule has 0 amide bonds. The van der Waals surface area contributed by atoms with Gasteiger partial charge in [-0.15, -0.1) is 0 Å². The SMILES string of the molecule is CC(=O)ON=C(C(=O)c1ccc(Sc2ccc(C(=O)c3ccccc3)cc2)cc1)c1ccccc1. The smallest absolute Gasteiger partial charge is 0.318 e. The van der Waals surface area contributed by atoms with Gasteiger partial charge in [-0.25, -0.2) is 4.79 Å². The summed E-state index contributed by atoms with van der Waals surface area (Å²) in [6.07, 6.45) is 0. The first kappa shape index (κ1) is 23.9. The number of hydrogen-bond acceptors (Lipinski definition) is 6. The summed E-state index contributed by atoms with van der Waals surface area (Å²) in [5.74, 6) is -0.970. The van der Waals surface area contributed by atoms with Crippen LogP contribution in [0.25, 0.3) is 0 Å². The van der Waals surface area contributed by atoms with Gasteiger partial charge in [-0.05, 0) is 48.5 Å². The lowest BCUT2D eigenvalue weighted by molar-refractivity contribution is -0.140. The van der Waals surface area contributed by atoms with Crippen LogP contribution in [0.4, 0.5) is 0 Å². The molecule has 0 saturated heterocycles. The van der Waals surface area contributed by atoms with Crippen molar-refractivity contribution in [2.75, 3.05) is 0 Å². The zero-order valence-corrected chi connectivity index (χ0v) is 19.7. The van der Waals surface area contributed by atoms with Crippen LogP contribution in [0.2, 0.25) is 0 Å². The summed E-state index contributed by atoms with van der Waals surface area (Å²) >= 11 is 1.52. The highest BCUT2D eigenvalue weighted by Crippen LogP contribution is 2.28. The summed E-state index contributed by atoms with van der Waals surface area (Å²) < 4.78 is 0. The molecule has 35 heavy (non-hydrogen) atoms. The summed E-state index contributed by atoms with van der Waals surface area (Å²) in [7, 11) is 0. The number of carbonyl (C=O) groups excluding carboxylic acids is 3.